The van der Waals surface area contributed by atoms with E-state index in [-0.39, 0.29) is 11.8 Å². The van der Waals surface area contributed by atoms with Gasteiger partial charge in [0.05, 0.1) is 21.6 Å². The molecule has 0 saturated carbocycles. The van der Waals surface area contributed by atoms with Gasteiger partial charge in [0.15, 0.2) is 0 Å². The highest BCUT2D eigenvalue weighted by Gasteiger charge is 2.16. The Morgan fingerprint density at radius 1 is 1.43 bits per heavy atom. The Hall–Kier alpha value is -1.24. The lowest BCUT2D eigenvalue weighted by molar-refractivity contribution is -0.123. The predicted octanol–water partition coefficient (Wildman–Crippen LogP) is 2.82. The first-order valence-electron chi connectivity index (χ1n) is 7.02. The second-order valence-electron chi connectivity index (χ2n) is 5.33. The maximum absolute atomic E-state index is 11.8. The van der Waals surface area contributed by atoms with Gasteiger partial charge in [-0.05, 0) is 31.4 Å². The summed E-state index contributed by atoms with van der Waals surface area (Å²) in [4.78, 5) is 18.7. The number of hydrogen-bond acceptors (Lipinski definition) is 5. The van der Waals surface area contributed by atoms with E-state index in [1.807, 2.05) is 20.8 Å². The molecule has 0 fully saturated rings. The smallest absolute Gasteiger partial charge is 0.237 e. The van der Waals surface area contributed by atoms with Crippen LogP contribution < -0.4 is 11.1 Å². The van der Waals surface area contributed by atoms with Crippen molar-refractivity contribution < 1.29 is 4.79 Å². The third kappa shape index (κ3) is 4.36. The first-order valence-corrected chi connectivity index (χ1v) is 8.71. The van der Waals surface area contributed by atoms with Crippen LogP contribution in [0.3, 0.4) is 0 Å². The van der Waals surface area contributed by atoms with Gasteiger partial charge in [-0.2, -0.15) is 0 Å². The van der Waals surface area contributed by atoms with Crippen molar-refractivity contribution in [3.63, 3.8) is 0 Å². The molecule has 2 aromatic rings. The number of carbonyl (C=O) groups excluding carboxylic acids is 1. The molecule has 114 valence electrons. The van der Waals surface area contributed by atoms with E-state index >= 15 is 0 Å². The van der Waals surface area contributed by atoms with Crippen molar-refractivity contribution in [2.75, 3.05) is 6.54 Å². The van der Waals surface area contributed by atoms with Crippen LogP contribution in [-0.4, -0.2) is 23.5 Å². The summed E-state index contributed by atoms with van der Waals surface area (Å²) in [6.45, 7) is 6.53. The Kier molecular flexibility index (Phi) is 5.50. The van der Waals surface area contributed by atoms with Crippen LogP contribution in [0, 0.1) is 12.8 Å². The molecule has 3 N–H and O–H groups in total. The van der Waals surface area contributed by atoms with Crippen LogP contribution in [0.1, 0.15) is 23.7 Å². The molecule has 0 spiro atoms. The van der Waals surface area contributed by atoms with Crippen molar-refractivity contribution in [1.82, 2.24) is 10.3 Å². The lowest BCUT2D eigenvalue weighted by Gasteiger charge is -2.14. The molecule has 0 aliphatic carbocycles. The number of thiophene rings is 1. The molecular formula is C15H21N3OS2. The van der Waals surface area contributed by atoms with E-state index in [0.29, 0.717) is 6.54 Å². The minimum atomic E-state index is -0.429. The molecule has 0 unspecified atom stereocenters. The number of carbonyl (C=O) groups is 1. The van der Waals surface area contributed by atoms with Crippen molar-refractivity contribution in [2.45, 2.75) is 33.2 Å². The standard InChI is InChI=1S/C15H21N3OS2/c1-9(2)14(16)15(19)17-7-6-11-4-5-13(21-11)12-8-20-10(3)18-12/h4-5,8-9,14H,6-7,16H2,1-3H3,(H,17,19)/t14-/m0/s1. The summed E-state index contributed by atoms with van der Waals surface area (Å²) < 4.78 is 0. The Balaban J connectivity index is 1.85. The molecule has 21 heavy (non-hydrogen) atoms. The number of nitrogens with zero attached hydrogens (tertiary/aromatic N) is 1. The van der Waals surface area contributed by atoms with Crippen molar-refractivity contribution in [2.24, 2.45) is 11.7 Å². The van der Waals surface area contributed by atoms with Crippen LogP contribution in [0.2, 0.25) is 0 Å². The number of nitrogens with one attached hydrogen (secondary N) is 1. The van der Waals surface area contributed by atoms with Gasteiger partial charge in [-0.25, -0.2) is 4.98 Å². The summed E-state index contributed by atoms with van der Waals surface area (Å²) in [5.74, 6) is 0.0863. The topological polar surface area (TPSA) is 68.0 Å². The van der Waals surface area contributed by atoms with E-state index in [1.165, 1.54) is 9.75 Å². The van der Waals surface area contributed by atoms with E-state index in [2.05, 4.69) is 27.8 Å². The second kappa shape index (κ2) is 7.15. The largest absolute Gasteiger partial charge is 0.354 e. The van der Waals surface area contributed by atoms with E-state index in [9.17, 15) is 4.79 Å². The van der Waals surface area contributed by atoms with Gasteiger partial charge in [-0.3, -0.25) is 4.79 Å². The number of hydrogen-bond donors (Lipinski definition) is 2. The molecule has 0 saturated heterocycles. The number of aromatic nitrogens is 1. The maximum Gasteiger partial charge on any atom is 0.237 e. The number of rotatable bonds is 6. The van der Waals surface area contributed by atoms with Crippen molar-refractivity contribution in [3.8, 4) is 10.6 Å². The van der Waals surface area contributed by atoms with Crippen LogP contribution in [0.25, 0.3) is 10.6 Å². The van der Waals surface area contributed by atoms with Gasteiger partial charge in [-0.1, -0.05) is 13.8 Å². The Labute approximate surface area is 133 Å². The minimum Gasteiger partial charge on any atom is -0.354 e. The first kappa shape index (κ1) is 16.1. The normalized spacial score (nSPS) is 12.6. The zero-order valence-electron chi connectivity index (χ0n) is 12.6. The molecule has 1 amide bonds. The number of thiazole rings is 1. The predicted molar refractivity (Wildman–Crippen MR) is 89.7 cm³/mol. The van der Waals surface area contributed by atoms with Gasteiger partial charge < -0.3 is 11.1 Å². The zero-order valence-corrected chi connectivity index (χ0v) is 14.2. The third-order valence-corrected chi connectivity index (χ3v) is 5.17. The summed E-state index contributed by atoms with van der Waals surface area (Å²) >= 11 is 3.39. The average molecular weight is 323 g/mol. The molecule has 2 rings (SSSR count). The fourth-order valence-corrected chi connectivity index (χ4v) is 3.51. The fraction of sp³-hybridized carbons (Fsp3) is 0.467. The molecule has 1 atom stereocenters. The van der Waals surface area contributed by atoms with Gasteiger partial charge in [-0.15, -0.1) is 22.7 Å². The fourth-order valence-electron chi connectivity index (χ4n) is 1.86. The molecule has 0 aromatic carbocycles. The Morgan fingerprint density at radius 2 is 2.19 bits per heavy atom. The molecule has 0 aliphatic rings. The van der Waals surface area contributed by atoms with Gasteiger partial charge >= 0.3 is 0 Å². The van der Waals surface area contributed by atoms with Gasteiger partial charge in [0.1, 0.15) is 0 Å². The number of nitrogens with two attached hydrogens (primary N) is 1. The molecule has 0 radical (unpaired) electrons. The average Bonchev–Trinajstić information content (AvgIpc) is 3.06. The molecular weight excluding hydrogens is 302 g/mol. The number of aryl methyl sites for hydroxylation is 1. The zero-order chi connectivity index (χ0) is 15.4. The summed E-state index contributed by atoms with van der Waals surface area (Å²) in [7, 11) is 0. The highest BCUT2D eigenvalue weighted by atomic mass is 32.1. The second-order valence-corrected chi connectivity index (χ2v) is 7.56. The molecule has 6 heteroatoms. The van der Waals surface area contributed by atoms with Crippen LogP contribution in [-0.2, 0) is 11.2 Å². The summed E-state index contributed by atoms with van der Waals surface area (Å²) in [6, 6.07) is 3.77. The summed E-state index contributed by atoms with van der Waals surface area (Å²) in [5.41, 5.74) is 6.85. The molecule has 2 heterocycles. The Bertz CT molecular complexity index is 604. The third-order valence-electron chi connectivity index (χ3n) is 3.22. The van der Waals surface area contributed by atoms with Crippen molar-refractivity contribution in [1.29, 1.82) is 0 Å². The van der Waals surface area contributed by atoms with Gasteiger partial charge in [0.2, 0.25) is 5.91 Å². The van der Waals surface area contributed by atoms with Crippen LogP contribution in [0.15, 0.2) is 17.5 Å². The minimum absolute atomic E-state index is 0.0723. The van der Waals surface area contributed by atoms with Crippen LogP contribution in [0.4, 0.5) is 0 Å². The molecule has 4 nitrogen and oxygen atoms in total. The van der Waals surface area contributed by atoms with Gasteiger partial charge in [0.25, 0.3) is 0 Å². The monoisotopic (exact) mass is 323 g/mol. The highest BCUT2D eigenvalue weighted by Crippen LogP contribution is 2.29. The van der Waals surface area contributed by atoms with Crippen molar-refractivity contribution >= 4 is 28.6 Å². The first-order chi connectivity index (χ1) is 9.97. The maximum atomic E-state index is 11.8. The van der Waals surface area contributed by atoms with Crippen molar-refractivity contribution in [3.05, 3.63) is 27.4 Å². The van der Waals surface area contributed by atoms with Gasteiger partial charge in [0, 0.05) is 16.8 Å². The Morgan fingerprint density at radius 3 is 2.81 bits per heavy atom. The highest BCUT2D eigenvalue weighted by molar-refractivity contribution is 7.16. The quantitative estimate of drug-likeness (QED) is 0.859. The summed E-state index contributed by atoms with van der Waals surface area (Å²) in [5, 5.41) is 6.05. The molecule has 0 aliphatic heterocycles. The number of amides is 1. The summed E-state index contributed by atoms with van der Waals surface area (Å²) in [6.07, 6.45) is 0.824. The SMILES string of the molecule is Cc1nc(-c2ccc(CCNC(=O)[C@@H](N)C(C)C)s2)cs1. The lowest BCUT2D eigenvalue weighted by Crippen LogP contribution is -2.44. The molecule has 0 bridgehead atoms. The lowest BCUT2D eigenvalue weighted by atomic mass is 10.1. The van der Waals surface area contributed by atoms with E-state index < -0.39 is 6.04 Å². The van der Waals surface area contributed by atoms with Crippen LogP contribution >= 0.6 is 22.7 Å². The van der Waals surface area contributed by atoms with E-state index in [0.717, 1.165) is 17.1 Å². The molecule has 2 aromatic heterocycles. The van der Waals surface area contributed by atoms with E-state index in [4.69, 9.17) is 5.73 Å². The van der Waals surface area contributed by atoms with E-state index in [1.54, 1.807) is 22.7 Å². The van der Waals surface area contributed by atoms with Crippen LogP contribution in [0.5, 0.6) is 0 Å².